The highest BCUT2D eigenvalue weighted by Gasteiger charge is 2.07. The van der Waals surface area contributed by atoms with Crippen LogP contribution in [-0.2, 0) is 0 Å². The lowest BCUT2D eigenvalue weighted by Gasteiger charge is -1.66. The van der Waals surface area contributed by atoms with Crippen molar-refractivity contribution in [3.63, 3.8) is 0 Å². The molecular weight excluding hydrogens is 116 g/mol. The normalized spacial score (nSPS) is 10.2. The van der Waals surface area contributed by atoms with Gasteiger partial charge in [-0.15, -0.1) is 0 Å². The molecule has 0 bridgehead atoms. The van der Waals surface area contributed by atoms with Crippen LogP contribution in [0.5, 0.6) is 0 Å². The SMILES string of the molecule is c1ccc2[nH+]o[nH+]c2c1. The molecule has 3 heteroatoms. The molecule has 0 aliphatic rings. The molecule has 0 saturated heterocycles. The van der Waals surface area contributed by atoms with Crippen molar-refractivity contribution in [1.29, 1.82) is 0 Å². The van der Waals surface area contributed by atoms with Gasteiger partial charge in [-0.3, -0.25) is 0 Å². The number of hydrogen-bond donors (Lipinski definition) is 0. The molecule has 1 aromatic carbocycles. The average molecular weight is 122 g/mol. The maximum atomic E-state index is 4.71. The summed E-state index contributed by atoms with van der Waals surface area (Å²) < 4.78 is 4.71. The van der Waals surface area contributed by atoms with E-state index in [0.29, 0.717) is 0 Å². The molecule has 0 unspecified atom stereocenters. The fourth-order valence-corrected chi connectivity index (χ4v) is 0.797. The second-order valence-corrected chi connectivity index (χ2v) is 1.85. The molecule has 44 valence electrons. The van der Waals surface area contributed by atoms with Crippen LogP contribution in [0.1, 0.15) is 0 Å². The summed E-state index contributed by atoms with van der Waals surface area (Å²) >= 11 is 0. The molecule has 1 heterocycles. The van der Waals surface area contributed by atoms with Gasteiger partial charge >= 0.3 is 11.0 Å². The predicted octanol–water partition coefficient (Wildman–Crippen LogP) is 0.0610. The highest BCUT2D eigenvalue weighted by Crippen LogP contribution is 1.98. The number of para-hydroxylation sites is 2. The summed E-state index contributed by atoms with van der Waals surface area (Å²) in [6, 6.07) is 7.77. The van der Waals surface area contributed by atoms with Crippen molar-refractivity contribution in [3.05, 3.63) is 24.3 Å². The van der Waals surface area contributed by atoms with Gasteiger partial charge in [0.15, 0.2) is 0 Å². The van der Waals surface area contributed by atoms with E-state index in [-0.39, 0.29) is 0 Å². The number of aromatic amines is 2. The number of aromatic nitrogens is 2. The van der Waals surface area contributed by atoms with Crippen LogP contribution in [0.2, 0.25) is 0 Å². The first-order chi connectivity index (χ1) is 4.47. The number of benzene rings is 1. The van der Waals surface area contributed by atoms with Crippen molar-refractivity contribution in [1.82, 2.24) is 0 Å². The molecule has 2 aromatic rings. The monoisotopic (exact) mass is 122 g/mol. The molecule has 9 heavy (non-hydrogen) atoms. The summed E-state index contributed by atoms with van der Waals surface area (Å²) in [5.41, 5.74) is 1.97. The number of rotatable bonds is 0. The third kappa shape index (κ3) is 0.579. The van der Waals surface area contributed by atoms with Crippen molar-refractivity contribution in [2.45, 2.75) is 0 Å². The first-order valence-electron chi connectivity index (χ1n) is 2.74. The topological polar surface area (TPSA) is 41.4 Å². The minimum absolute atomic E-state index is 0.984. The largest absolute Gasteiger partial charge is 0.330 e. The Kier molecular flexibility index (Phi) is 0.773. The fourth-order valence-electron chi connectivity index (χ4n) is 0.797. The van der Waals surface area contributed by atoms with E-state index in [1.165, 1.54) is 0 Å². The van der Waals surface area contributed by atoms with E-state index in [0.717, 1.165) is 11.0 Å². The van der Waals surface area contributed by atoms with Crippen LogP contribution in [0.3, 0.4) is 0 Å². The molecule has 0 aliphatic heterocycles. The number of H-pyrrole nitrogens is 2. The van der Waals surface area contributed by atoms with Gasteiger partial charge in [0.25, 0.3) is 0 Å². The van der Waals surface area contributed by atoms with Crippen molar-refractivity contribution < 1.29 is 14.9 Å². The number of nitrogens with one attached hydrogen (secondary N) is 2. The summed E-state index contributed by atoms with van der Waals surface area (Å²) in [6.45, 7) is 0. The molecule has 2 rings (SSSR count). The Morgan fingerprint density at radius 2 is 1.56 bits per heavy atom. The van der Waals surface area contributed by atoms with E-state index in [1.807, 2.05) is 24.3 Å². The molecule has 1 aromatic heterocycles. The van der Waals surface area contributed by atoms with Crippen LogP contribution >= 0.6 is 0 Å². The minimum atomic E-state index is 0.984. The van der Waals surface area contributed by atoms with Gasteiger partial charge in [-0.1, -0.05) is 12.1 Å². The summed E-state index contributed by atoms with van der Waals surface area (Å²) in [5.74, 6) is 0. The fraction of sp³-hybridized carbons (Fsp3) is 0. The Hall–Kier alpha value is -1.38. The van der Waals surface area contributed by atoms with E-state index >= 15 is 0 Å². The molecule has 0 aliphatic carbocycles. The van der Waals surface area contributed by atoms with Gasteiger partial charge in [-0.2, -0.15) is 0 Å². The van der Waals surface area contributed by atoms with Crippen molar-refractivity contribution in [2.24, 2.45) is 0 Å². The van der Waals surface area contributed by atoms with Gasteiger partial charge in [0, 0.05) is 27.1 Å². The Labute approximate surface area is 51.2 Å². The molecule has 0 amide bonds. The Balaban J connectivity index is 2.95. The predicted molar refractivity (Wildman–Crippen MR) is 29.3 cm³/mol. The average Bonchev–Trinajstić information content (AvgIpc) is 2.33. The summed E-state index contributed by atoms with van der Waals surface area (Å²) in [4.78, 5) is 0. The van der Waals surface area contributed by atoms with E-state index in [2.05, 4.69) is 10.3 Å². The summed E-state index contributed by atoms with van der Waals surface area (Å²) in [6.07, 6.45) is 0. The lowest BCUT2D eigenvalue weighted by atomic mass is 10.3. The first kappa shape index (κ1) is 4.49. The molecule has 2 N–H and O–H groups in total. The second kappa shape index (κ2) is 1.55. The Morgan fingerprint density at radius 1 is 1.00 bits per heavy atom. The van der Waals surface area contributed by atoms with Gasteiger partial charge in [0.1, 0.15) is 0 Å². The maximum absolute atomic E-state index is 4.71. The zero-order valence-corrected chi connectivity index (χ0v) is 4.72. The van der Waals surface area contributed by atoms with E-state index < -0.39 is 0 Å². The van der Waals surface area contributed by atoms with E-state index in [1.54, 1.807) is 0 Å². The van der Waals surface area contributed by atoms with E-state index in [4.69, 9.17) is 4.63 Å². The van der Waals surface area contributed by atoms with Crippen LogP contribution in [0.4, 0.5) is 0 Å². The molecule has 0 atom stereocenters. The molecular formula is C6H6N2O+2. The molecule has 0 saturated carbocycles. The highest BCUT2D eigenvalue weighted by atomic mass is 16.6. The van der Waals surface area contributed by atoms with Crippen LogP contribution in [0.25, 0.3) is 11.0 Å². The van der Waals surface area contributed by atoms with E-state index in [9.17, 15) is 0 Å². The third-order valence-corrected chi connectivity index (χ3v) is 1.25. The van der Waals surface area contributed by atoms with Crippen LogP contribution in [0.15, 0.2) is 28.9 Å². The number of hydrogen-bond acceptors (Lipinski definition) is 1. The first-order valence-corrected chi connectivity index (χ1v) is 2.74. The van der Waals surface area contributed by atoms with Crippen LogP contribution < -0.4 is 10.3 Å². The van der Waals surface area contributed by atoms with Gasteiger partial charge in [0.05, 0.1) is 0 Å². The zero-order chi connectivity index (χ0) is 6.10. The van der Waals surface area contributed by atoms with Gasteiger partial charge in [0.2, 0.25) is 0 Å². The zero-order valence-electron chi connectivity index (χ0n) is 4.72. The quantitative estimate of drug-likeness (QED) is 0.487. The van der Waals surface area contributed by atoms with Crippen LogP contribution in [-0.4, -0.2) is 0 Å². The smallest absolute Gasteiger partial charge is 0.0550 e. The molecule has 3 nitrogen and oxygen atoms in total. The highest BCUT2D eigenvalue weighted by molar-refractivity contribution is 5.65. The van der Waals surface area contributed by atoms with Crippen molar-refractivity contribution in [2.75, 3.05) is 0 Å². The lowest BCUT2D eigenvalue weighted by Crippen LogP contribution is -1.98. The molecule has 0 radical (unpaired) electrons. The Morgan fingerprint density at radius 3 is 2.11 bits per heavy atom. The number of fused-ring (bicyclic) bond motifs is 1. The lowest BCUT2D eigenvalue weighted by molar-refractivity contribution is -0.817. The third-order valence-electron chi connectivity index (χ3n) is 1.25. The maximum Gasteiger partial charge on any atom is 0.330 e. The molecule has 0 spiro atoms. The van der Waals surface area contributed by atoms with Gasteiger partial charge in [-0.25, -0.2) is 0 Å². The standard InChI is InChI=1S/C6H4N2O/c1-2-4-6-5(3-1)7-9-8-6/h1-4H/p+2. The van der Waals surface area contributed by atoms with Crippen molar-refractivity contribution in [3.8, 4) is 0 Å². The Bertz CT molecular complexity index is 285. The second-order valence-electron chi connectivity index (χ2n) is 1.85. The van der Waals surface area contributed by atoms with Gasteiger partial charge < -0.3 is 0 Å². The molecule has 0 fully saturated rings. The minimum Gasteiger partial charge on any atom is -0.0550 e. The van der Waals surface area contributed by atoms with Gasteiger partial charge in [-0.05, 0) is 0 Å². The summed E-state index contributed by atoms with van der Waals surface area (Å²) in [5, 5.41) is 5.38. The van der Waals surface area contributed by atoms with Crippen LogP contribution in [0, 0.1) is 0 Å². The summed E-state index contributed by atoms with van der Waals surface area (Å²) in [7, 11) is 0. The van der Waals surface area contributed by atoms with Crippen molar-refractivity contribution >= 4 is 11.0 Å².